The van der Waals surface area contributed by atoms with Crippen LogP contribution in [0.25, 0.3) is 0 Å². The summed E-state index contributed by atoms with van der Waals surface area (Å²) in [7, 11) is 0. The van der Waals surface area contributed by atoms with Crippen LogP contribution in [0.2, 0.25) is 0 Å². The third-order valence-corrected chi connectivity index (χ3v) is 3.31. The lowest BCUT2D eigenvalue weighted by Crippen LogP contribution is -2.10. The quantitative estimate of drug-likeness (QED) is 0.765. The molecule has 1 aliphatic rings. The fourth-order valence-electron chi connectivity index (χ4n) is 2.47. The fourth-order valence-corrected chi connectivity index (χ4v) is 2.47. The first kappa shape index (κ1) is 12.1. The summed E-state index contributed by atoms with van der Waals surface area (Å²) in [6, 6.07) is 0. The van der Waals surface area contributed by atoms with Gasteiger partial charge >= 0.3 is 0 Å². The zero-order valence-electron chi connectivity index (χ0n) is 10.4. The molecule has 0 bridgehead atoms. The van der Waals surface area contributed by atoms with Crippen molar-refractivity contribution in [3.05, 3.63) is 5.82 Å². The molecule has 0 spiro atoms. The van der Waals surface area contributed by atoms with Gasteiger partial charge in [0.1, 0.15) is 5.82 Å². The van der Waals surface area contributed by atoms with E-state index in [0.717, 1.165) is 12.5 Å². The molecule has 0 aliphatic heterocycles. The van der Waals surface area contributed by atoms with Crippen LogP contribution in [-0.4, -0.2) is 21.5 Å². The predicted octanol–water partition coefficient (Wildman–Crippen LogP) is 2.14. The van der Waals surface area contributed by atoms with Crippen molar-refractivity contribution in [2.24, 2.45) is 5.92 Å². The van der Waals surface area contributed by atoms with Crippen LogP contribution >= 0.6 is 0 Å². The zero-order valence-corrected chi connectivity index (χ0v) is 10.4. The van der Waals surface area contributed by atoms with Gasteiger partial charge in [-0.05, 0) is 25.7 Å². The predicted molar refractivity (Wildman–Crippen MR) is 68.7 cm³/mol. The van der Waals surface area contributed by atoms with E-state index in [1.54, 1.807) is 0 Å². The van der Waals surface area contributed by atoms with Crippen LogP contribution in [0.1, 0.15) is 44.3 Å². The second kappa shape index (κ2) is 5.80. The van der Waals surface area contributed by atoms with Gasteiger partial charge in [0, 0.05) is 6.54 Å². The normalized spacial score (nSPS) is 16.3. The number of nitrogen functional groups attached to an aromatic ring is 1. The van der Waals surface area contributed by atoms with Gasteiger partial charge in [0.25, 0.3) is 0 Å². The van der Waals surface area contributed by atoms with Crippen molar-refractivity contribution < 1.29 is 0 Å². The monoisotopic (exact) mass is 235 g/mol. The topological polar surface area (TPSA) is 76.7 Å². The fraction of sp³-hybridized carbons (Fsp3) is 0.750. The summed E-state index contributed by atoms with van der Waals surface area (Å²) in [4.78, 5) is 12.2. The number of rotatable bonds is 5. The number of aryl methyl sites for hydroxylation is 1. The third kappa shape index (κ3) is 3.84. The minimum Gasteiger partial charge on any atom is -0.368 e. The molecular formula is C12H21N5. The summed E-state index contributed by atoms with van der Waals surface area (Å²) in [5.74, 6) is 2.50. The molecule has 0 saturated heterocycles. The summed E-state index contributed by atoms with van der Waals surface area (Å²) >= 11 is 0. The largest absolute Gasteiger partial charge is 0.368 e. The molecule has 2 rings (SSSR count). The molecule has 0 aromatic carbocycles. The molecule has 5 nitrogen and oxygen atoms in total. The number of nitrogens with zero attached hydrogens (tertiary/aromatic N) is 3. The summed E-state index contributed by atoms with van der Waals surface area (Å²) < 4.78 is 0. The van der Waals surface area contributed by atoms with Crippen LogP contribution < -0.4 is 11.1 Å². The molecule has 94 valence electrons. The summed E-state index contributed by atoms with van der Waals surface area (Å²) in [6.07, 6.45) is 8.15. The summed E-state index contributed by atoms with van der Waals surface area (Å²) in [5.41, 5.74) is 5.56. The summed E-state index contributed by atoms with van der Waals surface area (Å²) in [6.45, 7) is 2.74. The van der Waals surface area contributed by atoms with Gasteiger partial charge in [0.2, 0.25) is 11.9 Å². The molecule has 5 heteroatoms. The highest BCUT2D eigenvalue weighted by Gasteiger charge is 2.13. The van der Waals surface area contributed by atoms with Crippen LogP contribution in [0.15, 0.2) is 0 Å². The molecule has 1 saturated carbocycles. The Morgan fingerprint density at radius 1 is 1.24 bits per heavy atom. The molecule has 17 heavy (non-hydrogen) atoms. The Hall–Kier alpha value is -1.39. The van der Waals surface area contributed by atoms with Gasteiger partial charge in [-0.25, -0.2) is 0 Å². The molecule has 0 atom stereocenters. The number of nitrogens with two attached hydrogens (primary N) is 1. The van der Waals surface area contributed by atoms with Crippen molar-refractivity contribution >= 4 is 11.9 Å². The van der Waals surface area contributed by atoms with Gasteiger partial charge < -0.3 is 11.1 Å². The Morgan fingerprint density at radius 2 is 2.00 bits per heavy atom. The Morgan fingerprint density at radius 3 is 2.71 bits per heavy atom. The summed E-state index contributed by atoms with van der Waals surface area (Å²) in [5, 5.41) is 3.21. The van der Waals surface area contributed by atoms with Crippen LogP contribution in [0, 0.1) is 12.8 Å². The van der Waals surface area contributed by atoms with E-state index < -0.39 is 0 Å². The van der Waals surface area contributed by atoms with Crippen LogP contribution in [0.4, 0.5) is 11.9 Å². The SMILES string of the molecule is Cc1nc(N)nc(NCCCC2CCCC2)n1. The van der Waals surface area contributed by atoms with Gasteiger partial charge in [-0.3, -0.25) is 0 Å². The number of anilines is 2. The molecule has 0 radical (unpaired) electrons. The van der Waals surface area contributed by atoms with Gasteiger partial charge in [-0.1, -0.05) is 25.7 Å². The Balaban J connectivity index is 1.70. The van der Waals surface area contributed by atoms with E-state index in [1.807, 2.05) is 6.92 Å². The van der Waals surface area contributed by atoms with E-state index in [4.69, 9.17) is 5.73 Å². The number of aromatic nitrogens is 3. The first-order valence-corrected chi connectivity index (χ1v) is 6.46. The van der Waals surface area contributed by atoms with Gasteiger partial charge in [0.05, 0.1) is 0 Å². The van der Waals surface area contributed by atoms with Crippen molar-refractivity contribution in [1.82, 2.24) is 15.0 Å². The molecule has 1 heterocycles. The maximum atomic E-state index is 5.56. The maximum Gasteiger partial charge on any atom is 0.227 e. The van der Waals surface area contributed by atoms with Crippen molar-refractivity contribution in [2.45, 2.75) is 45.4 Å². The highest BCUT2D eigenvalue weighted by atomic mass is 15.2. The van der Waals surface area contributed by atoms with Crippen molar-refractivity contribution in [1.29, 1.82) is 0 Å². The van der Waals surface area contributed by atoms with Crippen LogP contribution in [-0.2, 0) is 0 Å². The average Bonchev–Trinajstić information content (AvgIpc) is 2.76. The molecule has 1 fully saturated rings. The van der Waals surface area contributed by atoms with E-state index in [2.05, 4.69) is 20.3 Å². The lowest BCUT2D eigenvalue weighted by molar-refractivity contribution is 0.491. The smallest absolute Gasteiger partial charge is 0.227 e. The van der Waals surface area contributed by atoms with Gasteiger partial charge in [0.15, 0.2) is 0 Å². The Bertz CT molecular complexity index is 340. The van der Waals surface area contributed by atoms with E-state index >= 15 is 0 Å². The molecule has 1 aliphatic carbocycles. The first-order chi connectivity index (χ1) is 8.24. The highest BCUT2D eigenvalue weighted by molar-refractivity contribution is 5.30. The van der Waals surface area contributed by atoms with Gasteiger partial charge in [-0.2, -0.15) is 15.0 Å². The minimum absolute atomic E-state index is 0.288. The molecular weight excluding hydrogens is 214 g/mol. The second-order valence-corrected chi connectivity index (χ2v) is 4.78. The van der Waals surface area contributed by atoms with Gasteiger partial charge in [-0.15, -0.1) is 0 Å². The highest BCUT2D eigenvalue weighted by Crippen LogP contribution is 2.28. The third-order valence-electron chi connectivity index (χ3n) is 3.31. The zero-order chi connectivity index (χ0) is 12.1. The van der Waals surface area contributed by atoms with E-state index in [0.29, 0.717) is 11.8 Å². The average molecular weight is 235 g/mol. The van der Waals surface area contributed by atoms with E-state index in [1.165, 1.54) is 38.5 Å². The standard InChI is InChI=1S/C12H21N5/c1-9-15-11(13)17-12(16-9)14-8-4-7-10-5-2-3-6-10/h10H,2-8H2,1H3,(H3,13,14,15,16,17). The van der Waals surface area contributed by atoms with Crippen LogP contribution in [0.5, 0.6) is 0 Å². The van der Waals surface area contributed by atoms with Crippen molar-refractivity contribution in [2.75, 3.05) is 17.6 Å². The molecule has 0 unspecified atom stereocenters. The van der Waals surface area contributed by atoms with Crippen molar-refractivity contribution in [3.8, 4) is 0 Å². The number of hydrogen-bond acceptors (Lipinski definition) is 5. The van der Waals surface area contributed by atoms with Crippen LogP contribution in [0.3, 0.4) is 0 Å². The minimum atomic E-state index is 0.288. The number of hydrogen-bond donors (Lipinski definition) is 2. The molecule has 1 aromatic rings. The number of nitrogens with one attached hydrogen (secondary N) is 1. The Kier molecular flexibility index (Phi) is 4.12. The molecule has 3 N–H and O–H groups in total. The lowest BCUT2D eigenvalue weighted by Gasteiger charge is -2.09. The molecule has 0 amide bonds. The van der Waals surface area contributed by atoms with E-state index in [-0.39, 0.29) is 5.95 Å². The molecule has 1 aromatic heterocycles. The lowest BCUT2D eigenvalue weighted by atomic mass is 10.0. The second-order valence-electron chi connectivity index (χ2n) is 4.78. The first-order valence-electron chi connectivity index (χ1n) is 6.46. The van der Waals surface area contributed by atoms with E-state index in [9.17, 15) is 0 Å². The Labute approximate surface area is 102 Å². The maximum absolute atomic E-state index is 5.56. The van der Waals surface area contributed by atoms with Crippen molar-refractivity contribution in [3.63, 3.8) is 0 Å².